The van der Waals surface area contributed by atoms with Crippen LogP contribution in [0.25, 0.3) is 0 Å². The molecule has 0 radical (unpaired) electrons. The number of aryl methyl sites for hydroxylation is 2. The molecule has 1 fully saturated rings. The lowest BCUT2D eigenvalue weighted by atomic mass is 9.66. The van der Waals surface area contributed by atoms with E-state index in [4.69, 9.17) is 4.74 Å². The highest BCUT2D eigenvalue weighted by Crippen LogP contribution is 2.49. The minimum absolute atomic E-state index is 0.319. The van der Waals surface area contributed by atoms with Crippen molar-refractivity contribution >= 4 is 0 Å². The van der Waals surface area contributed by atoms with Crippen molar-refractivity contribution in [3.05, 3.63) is 71.7 Å². The third-order valence-corrected chi connectivity index (χ3v) is 4.50. The minimum Gasteiger partial charge on any atom is -0.467 e. The molecule has 1 aromatic heterocycles. The van der Waals surface area contributed by atoms with Crippen molar-refractivity contribution in [3.8, 4) is 5.88 Å². The summed E-state index contributed by atoms with van der Waals surface area (Å²) in [4.78, 5) is 3.78. The normalized spacial score (nSPS) is 23.7. The van der Waals surface area contributed by atoms with Gasteiger partial charge in [0.25, 0.3) is 0 Å². The maximum absolute atomic E-state index is 13.2. The summed E-state index contributed by atoms with van der Waals surface area (Å²) in [6.07, 6.45) is 3.52. The molecule has 3 rings (SSSR count). The Morgan fingerprint density at radius 3 is 2.41 bits per heavy atom. The van der Waals surface area contributed by atoms with E-state index in [2.05, 4.69) is 43.6 Å². The molecule has 0 spiro atoms. The van der Waals surface area contributed by atoms with Gasteiger partial charge in [0.05, 0.1) is 0 Å². The third-order valence-electron chi connectivity index (χ3n) is 4.50. The SMILES string of the molecule is C=CC1(Oc2cccc(F)n2)CC(c2c(C)cccc2C)C1. The summed E-state index contributed by atoms with van der Waals surface area (Å²) in [6, 6.07) is 11.0. The summed E-state index contributed by atoms with van der Waals surface area (Å²) in [5, 5.41) is 0. The van der Waals surface area contributed by atoms with Gasteiger partial charge in [0.2, 0.25) is 11.8 Å². The van der Waals surface area contributed by atoms with Gasteiger partial charge in [-0.25, -0.2) is 0 Å². The number of ether oxygens (including phenoxy) is 1. The molecule has 1 aliphatic carbocycles. The monoisotopic (exact) mass is 297 g/mol. The molecule has 0 N–H and O–H groups in total. The van der Waals surface area contributed by atoms with E-state index in [9.17, 15) is 4.39 Å². The van der Waals surface area contributed by atoms with Crippen molar-refractivity contribution in [2.45, 2.75) is 38.2 Å². The Kier molecular flexibility index (Phi) is 3.73. The van der Waals surface area contributed by atoms with E-state index >= 15 is 0 Å². The highest BCUT2D eigenvalue weighted by atomic mass is 19.1. The van der Waals surface area contributed by atoms with Gasteiger partial charge in [0.15, 0.2) is 0 Å². The molecule has 2 aromatic rings. The quantitative estimate of drug-likeness (QED) is 0.602. The topological polar surface area (TPSA) is 22.1 Å². The number of benzene rings is 1. The average molecular weight is 297 g/mol. The number of aromatic nitrogens is 1. The second-order valence-electron chi connectivity index (χ2n) is 6.08. The summed E-state index contributed by atoms with van der Waals surface area (Å²) in [5.74, 6) is 0.245. The Bertz CT molecular complexity index is 684. The summed E-state index contributed by atoms with van der Waals surface area (Å²) in [6.45, 7) is 8.19. The number of hydrogen-bond donors (Lipinski definition) is 0. The van der Waals surface area contributed by atoms with E-state index in [1.54, 1.807) is 12.1 Å². The number of pyridine rings is 1. The predicted octanol–water partition coefficient (Wildman–Crippen LogP) is 4.72. The van der Waals surface area contributed by atoms with Crippen LogP contribution in [0.15, 0.2) is 49.1 Å². The third kappa shape index (κ3) is 2.63. The second-order valence-corrected chi connectivity index (χ2v) is 6.08. The van der Waals surface area contributed by atoms with Gasteiger partial charge in [0.1, 0.15) is 5.60 Å². The summed E-state index contributed by atoms with van der Waals surface area (Å²) in [5.41, 5.74) is 3.58. The fourth-order valence-electron chi connectivity index (χ4n) is 3.40. The smallest absolute Gasteiger partial charge is 0.216 e. The molecule has 1 aliphatic rings. The molecule has 22 heavy (non-hydrogen) atoms. The van der Waals surface area contributed by atoms with Gasteiger partial charge in [-0.15, -0.1) is 0 Å². The van der Waals surface area contributed by atoms with E-state index < -0.39 is 11.5 Å². The molecule has 0 amide bonds. The number of halogens is 1. The lowest BCUT2D eigenvalue weighted by Gasteiger charge is -2.46. The van der Waals surface area contributed by atoms with Crippen LogP contribution in [0, 0.1) is 19.8 Å². The van der Waals surface area contributed by atoms with Crippen LogP contribution in [-0.4, -0.2) is 10.6 Å². The van der Waals surface area contributed by atoms with E-state index in [-0.39, 0.29) is 0 Å². The lowest BCUT2D eigenvalue weighted by molar-refractivity contribution is 0.0168. The fraction of sp³-hybridized carbons (Fsp3) is 0.316. The van der Waals surface area contributed by atoms with Crippen LogP contribution < -0.4 is 4.74 Å². The van der Waals surface area contributed by atoms with Gasteiger partial charge in [-0.1, -0.05) is 30.8 Å². The van der Waals surface area contributed by atoms with Gasteiger partial charge in [0, 0.05) is 6.07 Å². The van der Waals surface area contributed by atoms with Crippen LogP contribution in [0.1, 0.15) is 35.4 Å². The molecule has 0 atom stereocenters. The van der Waals surface area contributed by atoms with Gasteiger partial charge in [-0.3, -0.25) is 0 Å². The number of hydrogen-bond acceptors (Lipinski definition) is 2. The van der Waals surface area contributed by atoms with E-state index in [0.717, 1.165) is 12.8 Å². The van der Waals surface area contributed by atoms with Crippen LogP contribution >= 0.6 is 0 Å². The maximum atomic E-state index is 13.2. The highest BCUT2D eigenvalue weighted by molar-refractivity contribution is 5.40. The maximum Gasteiger partial charge on any atom is 0.216 e. The first-order valence-electron chi connectivity index (χ1n) is 7.54. The Morgan fingerprint density at radius 1 is 1.18 bits per heavy atom. The van der Waals surface area contributed by atoms with E-state index in [1.807, 2.05) is 6.08 Å². The molecule has 0 saturated heterocycles. The molecule has 0 aliphatic heterocycles. The Labute approximate surface area is 130 Å². The molecule has 114 valence electrons. The second kappa shape index (κ2) is 5.56. The van der Waals surface area contributed by atoms with Crippen LogP contribution in [0.4, 0.5) is 4.39 Å². The predicted molar refractivity (Wildman–Crippen MR) is 85.6 cm³/mol. The Balaban J connectivity index is 1.78. The summed E-state index contributed by atoms with van der Waals surface area (Å²) >= 11 is 0. The molecule has 2 nitrogen and oxygen atoms in total. The summed E-state index contributed by atoms with van der Waals surface area (Å²) < 4.78 is 19.1. The first-order valence-corrected chi connectivity index (χ1v) is 7.54. The van der Waals surface area contributed by atoms with Crippen LogP contribution in [0.5, 0.6) is 5.88 Å². The molecular formula is C19H20FNO. The van der Waals surface area contributed by atoms with Crippen LogP contribution in [0.3, 0.4) is 0 Å². The highest BCUT2D eigenvalue weighted by Gasteiger charge is 2.45. The zero-order chi connectivity index (χ0) is 15.7. The van der Waals surface area contributed by atoms with Crippen LogP contribution in [0.2, 0.25) is 0 Å². The number of rotatable bonds is 4. The van der Waals surface area contributed by atoms with E-state index in [1.165, 1.54) is 22.8 Å². The van der Waals surface area contributed by atoms with Gasteiger partial charge in [-0.2, -0.15) is 9.37 Å². The fourth-order valence-corrected chi connectivity index (χ4v) is 3.40. The van der Waals surface area contributed by atoms with Gasteiger partial charge < -0.3 is 4.74 Å². The van der Waals surface area contributed by atoms with Crippen molar-refractivity contribution in [3.63, 3.8) is 0 Å². The molecule has 3 heteroatoms. The zero-order valence-corrected chi connectivity index (χ0v) is 13.0. The minimum atomic E-state index is -0.526. The average Bonchev–Trinajstić information content (AvgIpc) is 2.44. The number of nitrogens with zero attached hydrogens (tertiary/aromatic N) is 1. The van der Waals surface area contributed by atoms with Crippen molar-refractivity contribution in [2.75, 3.05) is 0 Å². The molecule has 1 heterocycles. The van der Waals surface area contributed by atoms with Crippen molar-refractivity contribution in [2.24, 2.45) is 0 Å². The molecule has 1 aromatic carbocycles. The first-order chi connectivity index (χ1) is 10.5. The molecule has 0 unspecified atom stereocenters. The molecule has 0 bridgehead atoms. The van der Waals surface area contributed by atoms with Crippen LogP contribution in [-0.2, 0) is 0 Å². The zero-order valence-electron chi connectivity index (χ0n) is 13.0. The lowest BCUT2D eigenvalue weighted by Crippen LogP contribution is -2.46. The van der Waals surface area contributed by atoms with Gasteiger partial charge in [-0.05, 0) is 61.4 Å². The van der Waals surface area contributed by atoms with Gasteiger partial charge >= 0.3 is 0 Å². The largest absolute Gasteiger partial charge is 0.467 e. The van der Waals surface area contributed by atoms with E-state index in [0.29, 0.717) is 11.8 Å². The summed E-state index contributed by atoms with van der Waals surface area (Å²) in [7, 11) is 0. The molecule has 1 saturated carbocycles. The van der Waals surface area contributed by atoms with Crippen molar-refractivity contribution in [1.82, 2.24) is 4.98 Å². The first kappa shape index (κ1) is 14.8. The molecular weight excluding hydrogens is 277 g/mol. The Morgan fingerprint density at radius 2 is 1.82 bits per heavy atom. The Hall–Kier alpha value is -2.16. The van der Waals surface area contributed by atoms with Crippen molar-refractivity contribution < 1.29 is 9.13 Å². The standard InChI is InChI=1S/C19H20FNO/c1-4-19(22-17-10-6-9-16(20)21-17)11-15(12-19)18-13(2)7-5-8-14(18)3/h4-10,15H,1,11-12H2,2-3H3. The van der Waals surface area contributed by atoms with Crippen molar-refractivity contribution in [1.29, 1.82) is 0 Å².